The molecule has 2 atom stereocenters. The summed E-state index contributed by atoms with van der Waals surface area (Å²) in [5.41, 5.74) is 6.97. The van der Waals surface area contributed by atoms with Crippen LogP contribution in [0.15, 0.2) is 92.0 Å². The van der Waals surface area contributed by atoms with Crippen LogP contribution in [0, 0.1) is 6.92 Å². The molecule has 0 saturated carbocycles. The van der Waals surface area contributed by atoms with Crippen LogP contribution in [0.25, 0.3) is 0 Å². The lowest BCUT2D eigenvalue weighted by Crippen LogP contribution is -2.25. The summed E-state index contributed by atoms with van der Waals surface area (Å²) in [4.78, 5) is 4.90. The van der Waals surface area contributed by atoms with E-state index in [1.807, 2.05) is 6.07 Å². The molecule has 0 bridgehead atoms. The molecular formula is C41H60N6O2+2. The Labute approximate surface area is 295 Å². The monoisotopic (exact) mass is 668 g/mol. The lowest BCUT2D eigenvalue weighted by Gasteiger charge is -2.19. The fourth-order valence-electron chi connectivity index (χ4n) is 7.11. The molecule has 2 aliphatic heterocycles. The number of aryl methyl sites for hydroxylation is 2. The summed E-state index contributed by atoms with van der Waals surface area (Å²) in [5, 5.41) is 22.0. The highest BCUT2D eigenvalue weighted by Gasteiger charge is 2.28. The molecule has 2 unspecified atom stereocenters. The van der Waals surface area contributed by atoms with Gasteiger partial charge < -0.3 is 20.0 Å². The molecule has 4 heterocycles. The highest BCUT2D eigenvalue weighted by molar-refractivity contribution is 5.56. The molecule has 49 heavy (non-hydrogen) atoms. The van der Waals surface area contributed by atoms with Gasteiger partial charge in [-0.2, -0.15) is 0 Å². The van der Waals surface area contributed by atoms with Crippen molar-refractivity contribution in [1.82, 2.24) is 9.13 Å². The van der Waals surface area contributed by atoms with Crippen LogP contribution >= 0.6 is 0 Å². The van der Waals surface area contributed by atoms with Crippen molar-refractivity contribution >= 4 is 11.4 Å². The van der Waals surface area contributed by atoms with Gasteiger partial charge in [0.25, 0.3) is 0 Å². The van der Waals surface area contributed by atoms with Crippen LogP contribution in [-0.4, -0.2) is 45.5 Å². The van der Waals surface area contributed by atoms with E-state index in [9.17, 15) is 10.2 Å². The van der Waals surface area contributed by atoms with E-state index in [1.54, 1.807) is 6.92 Å². The van der Waals surface area contributed by atoms with E-state index in [0.717, 1.165) is 61.3 Å². The number of aromatic nitrogens is 4. The van der Waals surface area contributed by atoms with Gasteiger partial charge in [-0.05, 0) is 59.5 Å². The Morgan fingerprint density at radius 2 is 1.02 bits per heavy atom. The van der Waals surface area contributed by atoms with Crippen LogP contribution in [0.3, 0.4) is 0 Å². The van der Waals surface area contributed by atoms with Crippen LogP contribution in [0.4, 0.5) is 11.4 Å². The zero-order valence-corrected chi connectivity index (χ0v) is 26.5. The van der Waals surface area contributed by atoms with Gasteiger partial charge in [0.05, 0.1) is 27.2 Å². The Morgan fingerprint density at radius 1 is 0.633 bits per heavy atom. The van der Waals surface area contributed by atoms with E-state index in [1.165, 1.54) is 11.4 Å². The number of phenolic OH excluding ortho intramolecular Hbond substituents is 2. The average Bonchev–Trinajstić information content (AvgIpc) is 3.87. The second-order valence-electron chi connectivity index (χ2n) is 13.0. The third-order valence-electron chi connectivity index (χ3n) is 9.81. The fourth-order valence-corrected chi connectivity index (χ4v) is 7.11. The normalized spacial score (nSPS) is 16.8. The average molecular weight is 669 g/mol. The molecule has 3 aromatic carbocycles. The Morgan fingerprint density at radius 3 is 1.37 bits per heavy atom. The number of imidazole rings is 2. The molecule has 8 nitrogen and oxygen atoms in total. The lowest BCUT2D eigenvalue weighted by atomic mass is 9.94. The van der Waals surface area contributed by atoms with Crippen molar-refractivity contribution in [2.45, 2.75) is 74.4 Å². The molecule has 7 rings (SSSR count). The minimum absolute atomic E-state index is 0. The maximum Gasteiger partial charge on any atom is 0.243 e. The Balaban J connectivity index is 0.00000163. The summed E-state index contributed by atoms with van der Waals surface area (Å²) in [6.07, 6.45) is 16.3. The van der Waals surface area contributed by atoms with Gasteiger partial charge in [0.15, 0.2) is 0 Å². The highest BCUT2D eigenvalue weighted by atomic mass is 16.3. The van der Waals surface area contributed by atoms with Gasteiger partial charge in [0.2, 0.25) is 12.7 Å². The summed E-state index contributed by atoms with van der Waals surface area (Å²) in [5.74, 6) is 0.357. The zero-order valence-electron chi connectivity index (χ0n) is 26.5. The standard InChI is InChI=1S/C37H42N6O2.4CH4/c1-27-36(44)30(20-28-4-8-32(9-5-28)40-14-12-34(23-40)42-18-16-38(2)25-42)22-31(37(27)45)21-29-6-10-33(11-7-29)41-15-13-35(24-41)43-19-17-39(3)26-43;;;;/h4-11,16-19,22,25-26,34-35H,12-15,20-21,23-24H2,1-3H3;4*1H4/p+2. The van der Waals surface area contributed by atoms with Crippen molar-refractivity contribution < 1.29 is 19.3 Å². The Bertz CT molecular complexity index is 1660. The van der Waals surface area contributed by atoms with Crippen molar-refractivity contribution in [2.24, 2.45) is 14.1 Å². The summed E-state index contributed by atoms with van der Waals surface area (Å²) < 4.78 is 8.80. The first-order valence-corrected chi connectivity index (χ1v) is 16.1. The van der Waals surface area contributed by atoms with Crippen molar-refractivity contribution in [3.63, 3.8) is 0 Å². The largest absolute Gasteiger partial charge is 0.507 e. The molecule has 8 heteroatoms. The van der Waals surface area contributed by atoms with Crippen LogP contribution in [0.2, 0.25) is 0 Å². The van der Waals surface area contributed by atoms with Crippen LogP contribution in [-0.2, 0) is 26.9 Å². The number of nitrogens with zero attached hydrogens (tertiary/aromatic N) is 6. The molecule has 2 fully saturated rings. The molecule has 2 saturated heterocycles. The number of benzene rings is 3. The first kappa shape index (κ1) is 38.7. The quantitative estimate of drug-likeness (QED) is 0.171. The Kier molecular flexibility index (Phi) is 12.7. The van der Waals surface area contributed by atoms with Crippen LogP contribution < -0.4 is 18.9 Å². The van der Waals surface area contributed by atoms with E-state index in [-0.39, 0.29) is 41.2 Å². The molecule has 2 aromatic heterocycles. The lowest BCUT2D eigenvalue weighted by molar-refractivity contribution is -0.671. The summed E-state index contributed by atoms with van der Waals surface area (Å²) in [6, 6.07) is 20.4. The second-order valence-corrected chi connectivity index (χ2v) is 13.0. The van der Waals surface area contributed by atoms with E-state index in [4.69, 9.17) is 0 Å². The van der Waals surface area contributed by atoms with Crippen LogP contribution in [0.1, 0.15) is 82.4 Å². The number of hydrogen-bond donors (Lipinski definition) is 2. The van der Waals surface area contributed by atoms with Gasteiger partial charge in [0.1, 0.15) is 48.4 Å². The van der Waals surface area contributed by atoms with Gasteiger partial charge in [-0.15, -0.1) is 0 Å². The summed E-state index contributed by atoms with van der Waals surface area (Å²) in [7, 11) is 4.12. The third kappa shape index (κ3) is 8.12. The third-order valence-corrected chi connectivity index (χ3v) is 9.81. The van der Waals surface area contributed by atoms with Crippen molar-refractivity contribution in [2.75, 3.05) is 36.0 Å². The number of aromatic hydroxyl groups is 2. The first-order valence-electron chi connectivity index (χ1n) is 16.1. The molecule has 0 aliphatic carbocycles. The van der Waals surface area contributed by atoms with Crippen LogP contribution in [0.5, 0.6) is 11.5 Å². The zero-order chi connectivity index (χ0) is 31.1. The molecular weight excluding hydrogens is 608 g/mol. The predicted molar refractivity (Wildman–Crippen MR) is 203 cm³/mol. The molecule has 2 N–H and O–H groups in total. The minimum atomic E-state index is 0. The maximum absolute atomic E-state index is 11.0. The smallest absolute Gasteiger partial charge is 0.243 e. The summed E-state index contributed by atoms with van der Waals surface area (Å²) >= 11 is 0. The number of anilines is 2. The molecule has 0 spiro atoms. The fraction of sp³-hybridized carbons (Fsp3) is 0.415. The SMILES string of the molecule is C.C.C.C.Cc1c(O)c(Cc2ccc(N3CCC(n4cc[n+](C)c4)C3)cc2)cc(Cc2ccc(N3CCC(n4cc[n+](C)c4)C3)cc2)c1O. The van der Waals surface area contributed by atoms with E-state index < -0.39 is 0 Å². The van der Waals surface area contributed by atoms with E-state index in [0.29, 0.717) is 30.5 Å². The van der Waals surface area contributed by atoms with E-state index >= 15 is 0 Å². The highest BCUT2D eigenvalue weighted by Crippen LogP contribution is 2.37. The minimum Gasteiger partial charge on any atom is -0.507 e. The number of phenols is 2. The first-order chi connectivity index (χ1) is 21.8. The molecule has 0 amide bonds. The van der Waals surface area contributed by atoms with Gasteiger partial charge in [-0.3, -0.25) is 0 Å². The second kappa shape index (κ2) is 16.1. The number of rotatable bonds is 8. The topological polar surface area (TPSA) is 64.6 Å². The van der Waals surface area contributed by atoms with Gasteiger partial charge in [-0.1, -0.05) is 54.0 Å². The molecule has 0 radical (unpaired) electrons. The molecule has 2 aliphatic rings. The van der Waals surface area contributed by atoms with Crippen molar-refractivity contribution in [1.29, 1.82) is 0 Å². The Hall–Kier alpha value is -4.72. The van der Waals surface area contributed by atoms with Crippen molar-refractivity contribution in [3.05, 3.63) is 120 Å². The predicted octanol–water partition coefficient (Wildman–Crippen LogP) is 7.29. The molecule has 5 aromatic rings. The number of hydrogen-bond acceptors (Lipinski definition) is 4. The molecule has 264 valence electrons. The van der Waals surface area contributed by atoms with Gasteiger partial charge >= 0.3 is 0 Å². The maximum atomic E-state index is 11.0. The van der Waals surface area contributed by atoms with Crippen molar-refractivity contribution in [3.8, 4) is 11.5 Å². The summed E-state index contributed by atoms with van der Waals surface area (Å²) in [6.45, 7) is 5.88. The van der Waals surface area contributed by atoms with Gasteiger partial charge in [0, 0.05) is 55.7 Å². The van der Waals surface area contributed by atoms with Gasteiger partial charge in [-0.25, -0.2) is 18.3 Å². The van der Waals surface area contributed by atoms with E-state index in [2.05, 4.69) is 128 Å².